The molecule has 0 aromatic rings. The molecule has 0 bridgehead atoms. The summed E-state index contributed by atoms with van der Waals surface area (Å²) in [5.74, 6) is 1.15. The van der Waals surface area contributed by atoms with Crippen LogP contribution in [0.5, 0.6) is 0 Å². The summed E-state index contributed by atoms with van der Waals surface area (Å²) in [7, 11) is 0. The second kappa shape index (κ2) is 7.16. The van der Waals surface area contributed by atoms with Gasteiger partial charge in [0.15, 0.2) is 0 Å². The van der Waals surface area contributed by atoms with E-state index in [0.29, 0.717) is 6.42 Å². The third-order valence-electron chi connectivity index (χ3n) is 2.39. The molecule has 0 spiro atoms. The highest BCUT2D eigenvalue weighted by molar-refractivity contribution is 8.00. The number of hydrogen-bond acceptors (Lipinski definition) is 3. The molecule has 1 fully saturated rings. The van der Waals surface area contributed by atoms with Gasteiger partial charge in [-0.25, -0.2) is 0 Å². The number of rotatable bonds is 6. The molecule has 1 aliphatic rings. The minimum atomic E-state index is 0.000466. The first-order valence-corrected chi connectivity index (χ1v) is 6.69. The monoisotopic (exact) mass is 216 g/mol. The van der Waals surface area contributed by atoms with Crippen molar-refractivity contribution in [1.82, 2.24) is 0 Å². The largest absolute Gasteiger partial charge is 0.451 e. The smallest absolute Gasteiger partial charge is 0.306 e. The van der Waals surface area contributed by atoms with E-state index < -0.39 is 0 Å². The van der Waals surface area contributed by atoms with Crippen molar-refractivity contribution in [3.63, 3.8) is 0 Å². The van der Waals surface area contributed by atoms with Gasteiger partial charge in [0.2, 0.25) is 0 Å². The first-order chi connectivity index (χ1) is 6.83. The third-order valence-corrected chi connectivity index (χ3v) is 3.61. The van der Waals surface area contributed by atoms with E-state index in [1.54, 1.807) is 11.8 Å². The lowest BCUT2D eigenvalue weighted by Crippen LogP contribution is -2.11. The predicted molar refractivity (Wildman–Crippen MR) is 60.3 cm³/mol. The standard InChI is InChI=1S/C11H20O2S/c1-2-3-4-5-7-10(12)13-11-8-6-9-14-11/h11H,2-9H2,1H3. The zero-order valence-corrected chi connectivity index (χ0v) is 9.78. The van der Waals surface area contributed by atoms with Crippen LogP contribution in [0.4, 0.5) is 0 Å². The molecule has 1 atom stereocenters. The van der Waals surface area contributed by atoms with E-state index in [4.69, 9.17) is 4.74 Å². The van der Waals surface area contributed by atoms with Crippen LogP contribution in [0.2, 0.25) is 0 Å². The minimum Gasteiger partial charge on any atom is -0.451 e. The van der Waals surface area contributed by atoms with Gasteiger partial charge in [0.05, 0.1) is 0 Å². The average Bonchev–Trinajstić information content (AvgIpc) is 2.65. The quantitative estimate of drug-likeness (QED) is 0.503. The van der Waals surface area contributed by atoms with Crippen LogP contribution in [0.15, 0.2) is 0 Å². The molecule has 0 saturated carbocycles. The van der Waals surface area contributed by atoms with E-state index in [-0.39, 0.29) is 11.4 Å². The number of carbonyl (C=O) groups excluding carboxylic acids is 1. The van der Waals surface area contributed by atoms with Crippen LogP contribution >= 0.6 is 11.8 Å². The molecule has 0 aromatic carbocycles. The van der Waals surface area contributed by atoms with E-state index in [2.05, 4.69) is 6.92 Å². The zero-order chi connectivity index (χ0) is 10.2. The maximum Gasteiger partial charge on any atom is 0.306 e. The molecule has 3 heteroatoms. The molecule has 0 N–H and O–H groups in total. The van der Waals surface area contributed by atoms with Gasteiger partial charge in [-0.1, -0.05) is 26.2 Å². The van der Waals surface area contributed by atoms with E-state index >= 15 is 0 Å². The summed E-state index contributed by atoms with van der Waals surface area (Å²) in [6, 6.07) is 0. The summed E-state index contributed by atoms with van der Waals surface area (Å²) < 4.78 is 5.32. The maximum atomic E-state index is 11.3. The van der Waals surface area contributed by atoms with Gasteiger partial charge in [-0.05, 0) is 25.0 Å². The summed E-state index contributed by atoms with van der Waals surface area (Å²) in [6.07, 6.45) is 7.44. The van der Waals surface area contributed by atoms with Gasteiger partial charge in [0.25, 0.3) is 0 Å². The van der Waals surface area contributed by atoms with Crippen molar-refractivity contribution >= 4 is 17.7 Å². The molecule has 2 nitrogen and oxygen atoms in total. The molecule has 0 radical (unpaired) electrons. The molecule has 1 rings (SSSR count). The van der Waals surface area contributed by atoms with E-state index in [1.807, 2.05) is 0 Å². The predicted octanol–water partition coefficient (Wildman–Crippen LogP) is 3.35. The maximum absolute atomic E-state index is 11.3. The average molecular weight is 216 g/mol. The summed E-state index contributed by atoms with van der Waals surface area (Å²) in [5, 5.41) is 0. The number of carbonyl (C=O) groups is 1. The molecular weight excluding hydrogens is 196 g/mol. The van der Waals surface area contributed by atoms with Gasteiger partial charge < -0.3 is 4.74 Å². The third kappa shape index (κ3) is 4.89. The Morgan fingerprint density at radius 2 is 2.29 bits per heavy atom. The molecular formula is C11H20O2S. The van der Waals surface area contributed by atoms with Crippen molar-refractivity contribution < 1.29 is 9.53 Å². The summed E-state index contributed by atoms with van der Waals surface area (Å²) in [6.45, 7) is 2.17. The Kier molecular flexibility index (Phi) is 6.08. The fourth-order valence-electron chi connectivity index (χ4n) is 1.54. The van der Waals surface area contributed by atoms with Crippen molar-refractivity contribution in [2.45, 2.75) is 57.3 Å². The topological polar surface area (TPSA) is 26.3 Å². The van der Waals surface area contributed by atoms with Gasteiger partial charge in [0.1, 0.15) is 5.44 Å². The van der Waals surface area contributed by atoms with Crippen LogP contribution in [0.25, 0.3) is 0 Å². The highest BCUT2D eigenvalue weighted by Crippen LogP contribution is 2.27. The Morgan fingerprint density at radius 3 is 2.93 bits per heavy atom. The highest BCUT2D eigenvalue weighted by atomic mass is 32.2. The zero-order valence-electron chi connectivity index (χ0n) is 8.96. The highest BCUT2D eigenvalue weighted by Gasteiger charge is 2.19. The number of thioether (sulfide) groups is 1. The van der Waals surface area contributed by atoms with Crippen LogP contribution in [0.3, 0.4) is 0 Å². The first-order valence-electron chi connectivity index (χ1n) is 5.64. The molecule has 1 unspecified atom stereocenters. The van der Waals surface area contributed by atoms with E-state index in [9.17, 15) is 4.79 Å². The van der Waals surface area contributed by atoms with Crippen molar-refractivity contribution in [2.75, 3.05) is 5.75 Å². The summed E-state index contributed by atoms with van der Waals surface area (Å²) >= 11 is 1.77. The van der Waals surface area contributed by atoms with Crippen molar-refractivity contribution in [1.29, 1.82) is 0 Å². The van der Waals surface area contributed by atoms with Gasteiger partial charge in [0, 0.05) is 6.42 Å². The SMILES string of the molecule is CCCCCCC(=O)OC1CCCS1. The van der Waals surface area contributed by atoms with Crippen LogP contribution < -0.4 is 0 Å². The van der Waals surface area contributed by atoms with Gasteiger partial charge in [-0.15, -0.1) is 11.8 Å². The summed E-state index contributed by atoms with van der Waals surface area (Å²) in [5.41, 5.74) is 0.161. The Morgan fingerprint density at radius 1 is 1.43 bits per heavy atom. The van der Waals surface area contributed by atoms with Gasteiger partial charge in [-0.3, -0.25) is 4.79 Å². The van der Waals surface area contributed by atoms with E-state index in [0.717, 1.165) is 25.0 Å². The fourth-order valence-corrected chi connectivity index (χ4v) is 2.65. The van der Waals surface area contributed by atoms with Crippen molar-refractivity contribution in [2.24, 2.45) is 0 Å². The van der Waals surface area contributed by atoms with Crippen molar-refractivity contribution in [3.05, 3.63) is 0 Å². The lowest BCUT2D eigenvalue weighted by molar-refractivity contribution is -0.145. The Labute approximate surface area is 90.8 Å². The van der Waals surface area contributed by atoms with Crippen LogP contribution in [0, 0.1) is 0 Å². The Balaban J connectivity index is 1.98. The number of esters is 1. The molecule has 1 saturated heterocycles. The molecule has 14 heavy (non-hydrogen) atoms. The normalized spacial score (nSPS) is 21.1. The van der Waals surface area contributed by atoms with Crippen LogP contribution in [-0.2, 0) is 9.53 Å². The second-order valence-electron chi connectivity index (χ2n) is 3.74. The van der Waals surface area contributed by atoms with Crippen molar-refractivity contribution in [3.8, 4) is 0 Å². The molecule has 0 amide bonds. The molecule has 0 aliphatic carbocycles. The van der Waals surface area contributed by atoms with E-state index in [1.165, 1.54) is 19.3 Å². The number of hydrogen-bond donors (Lipinski definition) is 0. The second-order valence-corrected chi connectivity index (χ2v) is 5.01. The Hall–Kier alpha value is -0.180. The first kappa shape index (κ1) is 11.9. The molecule has 0 aromatic heterocycles. The molecule has 1 heterocycles. The van der Waals surface area contributed by atoms with Crippen LogP contribution in [-0.4, -0.2) is 17.2 Å². The fraction of sp³-hybridized carbons (Fsp3) is 0.909. The Bertz CT molecular complexity index is 165. The molecule has 82 valence electrons. The van der Waals surface area contributed by atoms with Gasteiger partial charge >= 0.3 is 5.97 Å². The number of unbranched alkanes of at least 4 members (excludes halogenated alkanes) is 3. The minimum absolute atomic E-state index is 0.000466. The molecule has 1 aliphatic heterocycles. The summed E-state index contributed by atoms with van der Waals surface area (Å²) in [4.78, 5) is 11.3. The van der Waals surface area contributed by atoms with Crippen LogP contribution in [0.1, 0.15) is 51.9 Å². The lowest BCUT2D eigenvalue weighted by Gasteiger charge is -2.10. The lowest BCUT2D eigenvalue weighted by atomic mass is 10.2. The van der Waals surface area contributed by atoms with Gasteiger partial charge in [-0.2, -0.15) is 0 Å². The number of ether oxygens (including phenoxy) is 1.